The van der Waals surface area contributed by atoms with Crippen LogP contribution in [0.5, 0.6) is 5.88 Å². The Balaban J connectivity index is 2.16. The molecule has 0 aliphatic rings. The molecule has 2 heterocycles. The zero-order chi connectivity index (χ0) is 14.8. The van der Waals surface area contributed by atoms with E-state index in [0.717, 1.165) is 0 Å². The molecule has 0 aliphatic carbocycles. The van der Waals surface area contributed by atoms with Crippen molar-refractivity contribution in [1.82, 2.24) is 19.9 Å². The summed E-state index contributed by atoms with van der Waals surface area (Å²) >= 11 is 5.89. The van der Waals surface area contributed by atoms with Gasteiger partial charge in [-0.25, -0.2) is 9.97 Å². The zero-order valence-electron chi connectivity index (χ0n) is 10.6. The summed E-state index contributed by atoms with van der Waals surface area (Å²) in [5.74, 6) is -0.0742. The first-order chi connectivity index (χ1) is 10.1. The average Bonchev–Trinajstić information content (AvgIpc) is 2.47. The van der Waals surface area contributed by atoms with E-state index in [1.54, 1.807) is 30.3 Å². The first kappa shape index (κ1) is 13.3. The van der Waals surface area contributed by atoms with Gasteiger partial charge in [0, 0.05) is 17.4 Å². The molecule has 0 atom stereocenters. The summed E-state index contributed by atoms with van der Waals surface area (Å²) in [5.41, 5.74) is 0.0404. The molecule has 0 aliphatic heterocycles. The van der Waals surface area contributed by atoms with E-state index >= 15 is 0 Å². The van der Waals surface area contributed by atoms with Gasteiger partial charge >= 0.3 is 0 Å². The molecule has 0 amide bonds. The molecule has 2 N–H and O–H groups in total. The lowest BCUT2D eigenvalue weighted by Gasteiger charge is -2.05. The maximum atomic E-state index is 12.2. The molecule has 3 rings (SSSR count). The van der Waals surface area contributed by atoms with Crippen molar-refractivity contribution in [2.45, 2.75) is 0 Å². The molecule has 1 aromatic carbocycles. The van der Waals surface area contributed by atoms with Gasteiger partial charge in [0.1, 0.15) is 5.56 Å². The highest BCUT2D eigenvalue weighted by Gasteiger charge is 2.15. The summed E-state index contributed by atoms with van der Waals surface area (Å²) in [4.78, 5) is 26.6. The van der Waals surface area contributed by atoms with Crippen molar-refractivity contribution in [2.24, 2.45) is 0 Å². The number of benzene rings is 1. The van der Waals surface area contributed by atoms with Crippen LogP contribution in [0.15, 0.2) is 47.5 Å². The molecule has 0 radical (unpaired) electrons. The van der Waals surface area contributed by atoms with Gasteiger partial charge in [0.05, 0.1) is 0 Å². The fourth-order valence-corrected chi connectivity index (χ4v) is 2.08. The highest BCUT2D eigenvalue weighted by atomic mass is 35.5. The van der Waals surface area contributed by atoms with Gasteiger partial charge in [-0.3, -0.25) is 4.79 Å². The second kappa shape index (κ2) is 5.34. The quantitative estimate of drug-likeness (QED) is 0.757. The summed E-state index contributed by atoms with van der Waals surface area (Å²) in [6.07, 6.45) is 3.04. The Labute approximate surface area is 124 Å². The zero-order valence-corrected chi connectivity index (χ0v) is 11.4. The smallest absolute Gasteiger partial charge is 0.263 e. The molecule has 0 fully saturated rings. The maximum Gasteiger partial charge on any atom is 0.263 e. The summed E-state index contributed by atoms with van der Waals surface area (Å²) < 4.78 is 0. The lowest BCUT2D eigenvalue weighted by molar-refractivity contribution is 0.454. The highest BCUT2D eigenvalue weighted by Crippen LogP contribution is 2.26. The van der Waals surface area contributed by atoms with Gasteiger partial charge in [0.25, 0.3) is 5.56 Å². The molecule has 0 saturated heterocycles. The van der Waals surface area contributed by atoms with Crippen LogP contribution in [0.4, 0.5) is 0 Å². The van der Waals surface area contributed by atoms with E-state index in [1.807, 2.05) is 0 Å². The van der Waals surface area contributed by atoms with Crippen molar-refractivity contribution in [3.8, 4) is 28.7 Å². The van der Waals surface area contributed by atoms with Gasteiger partial charge in [0.15, 0.2) is 11.6 Å². The first-order valence-corrected chi connectivity index (χ1v) is 6.39. The third-order valence-corrected chi connectivity index (χ3v) is 3.03. The molecule has 3 aromatic rings. The van der Waals surface area contributed by atoms with Crippen LogP contribution in [0, 0.1) is 0 Å². The lowest BCUT2D eigenvalue weighted by atomic mass is 10.1. The molecule has 104 valence electrons. The monoisotopic (exact) mass is 300 g/mol. The Hall–Kier alpha value is -2.73. The molecule has 2 aromatic heterocycles. The van der Waals surface area contributed by atoms with E-state index in [1.165, 1.54) is 12.4 Å². The third kappa shape index (κ3) is 2.61. The van der Waals surface area contributed by atoms with Gasteiger partial charge in [-0.15, -0.1) is 0 Å². The van der Waals surface area contributed by atoms with Crippen LogP contribution < -0.4 is 5.56 Å². The Morgan fingerprint density at radius 3 is 2.57 bits per heavy atom. The standard InChI is InChI=1S/C14H9ClN4O2/c15-9-4-1-3-8(7-9)10-13(20)18-12(19-14(10)21)11-16-5-2-6-17-11/h1-7H,(H2,18,19,20,21). The van der Waals surface area contributed by atoms with Gasteiger partial charge < -0.3 is 10.1 Å². The molecule has 0 unspecified atom stereocenters. The van der Waals surface area contributed by atoms with Crippen molar-refractivity contribution in [1.29, 1.82) is 0 Å². The highest BCUT2D eigenvalue weighted by molar-refractivity contribution is 6.30. The Morgan fingerprint density at radius 1 is 1.14 bits per heavy atom. The largest absolute Gasteiger partial charge is 0.493 e. The Morgan fingerprint density at radius 2 is 1.90 bits per heavy atom. The normalized spacial score (nSPS) is 10.5. The van der Waals surface area contributed by atoms with Crippen molar-refractivity contribution in [3.63, 3.8) is 0 Å². The first-order valence-electron chi connectivity index (χ1n) is 6.02. The minimum atomic E-state index is -0.493. The molecule has 0 saturated carbocycles. The summed E-state index contributed by atoms with van der Waals surface area (Å²) in [7, 11) is 0. The second-order valence-electron chi connectivity index (χ2n) is 4.20. The van der Waals surface area contributed by atoms with Crippen molar-refractivity contribution in [3.05, 3.63) is 58.1 Å². The number of hydrogen-bond donors (Lipinski definition) is 2. The molecule has 6 nitrogen and oxygen atoms in total. The molecular formula is C14H9ClN4O2. The van der Waals surface area contributed by atoms with Gasteiger partial charge in [-0.2, -0.15) is 4.98 Å². The second-order valence-corrected chi connectivity index (χ2v) is 4.63. The number of rotatable bonds is 2. The SMILES string of the molecule is O=c1[nH]c(-c2ncccn2)nc(O)c1-c1cccc(Cl)c1. The molecule has 0 spiro atoms. The summed E-state index contributed by atoms with van der Waals surface area (Å²) in [6, 6.07) is 8.24. The van der Waals surface area contributed by atoms with Crippen molar-refractivity contribution >= 4 is 11.6 Å². The van der Waals surface area contributed by atoms with Crippen LogP contribution in [-0.4, -0.2) is 25.0 Å². The topological polar surface area (TPSA) is 91.8 Å². The van der Waals surface area contributed by atoms with Gasteiger partial charge in [-0.05, 0) is 23.8 Å². The van der Waals surface area contributed by atoms with E-state index in [4.69, 9.17) is 11.6 Å². The van der Waals surface area contributed by atoms with Crippen molar-refractivity contribution in [2.75, 3.05) is 0 Å². The fraction of sp³-hybridized carbons (Fsp3) is 0. The van der Waals surface area contributed by atoms with Crippen LogP contribution in [0.3, 0.4) is 0 Å². The number of aromatic nitrogens is 4. The van der Waals surface area contributed by atoms with Crippen LogP contribution in [0.1, 0.15) is 0 Å². The predicted molar refractivity (Wildman–Crippen MR) is 78.0 cm³/mol. The minimum Gasteiger partial charge on any atom is -0.493 e. The number of aromatic amines is 1. The van der Waals surface area contributed by atoms with Gasteiger partial charge in [-0.1, -0.05) is 23.7 Å². The number of nitrogens with one attached hydrogen (secondary N) is 1. The van der Waals surface area contributed by atoms with Crippen molar-refractivity contribution < 1.29 is 5.11 Å². The van der Waals surface area contributed by atoms with E-state index < -0.39 is 11.4 Å². The average molecular weight is 301 g/mol. The number of aromatic hydroxyl groups is 1. The Bertz CT molecular complexity index is 849. The predicted octanol–water partition coefficient (Wildman–Crippen LogP) is 2.25. The maximum absolute atomic E-state index is 12.2. The molecule has 0 bridgehead atoms. The minimum absolute atomic E-state index is 0.0529. The Kier molecular flexibility index (Phi) is 3.37. The number of hydrogen-bond acceptors (Lipinski definition) is 5. The lowest BCUT2D eigenvalue weighted by Crippen LogP contribution is -2.12. The van der Waals surface area contributed by atoms with E-state index in [0.29, 0.717) is 10.6 Å². The number of H-pyrrole nitrogens is 1. The molecule has 7 heteroatoms. The number of nitrogens with zero attached hydrogens (tertiary/aromatic N) is 3. The van der Waals surface area contributed by atoms with Crippen LogP contribution in [0.25, 0.3) is 22.8 Å². The fourth-order valence-electron chi connectivity index (χ4n) is 1.89. The van der Waals surface area contributed by atoms with E-state index in [-0.39, 0.29) is 17.2 Å². The van der Waals surface area contributed by atoms with E-state index in [2.05, 4.69) is 19.9 Å². The van der Waals surface area contributed by atoms with E-state index in [9.17, 15) is 9.90 Å². The third-order valence-electron chi connectivity index (χ3n) is 2.79. The van der Waals surface area contributed by atoms with Crippen LogP contribution in [-0.2, 0) is 0 Å². The van der Waals surface area contributed by atoms with Crippen LogP contribution in [0.2, 0.25) is 5.02 Å². The molecule has 21 heavy (non-hydrogen) atoms. The van der Waals surface area contributed by atoms with Crippen LogP contribution >= 0.6 is 11.6 Å². The molecular weight excluding hydrogens is 292 g/mol. The summed E-state index contributed by atoms with van der Waals surface area (Å²) in [5, 5.41) is 10.5. The van der Waals surface area contributed by atoms with Gasteiger partial charge in [0.2, 0.25) is 5.88 Å². The summed E-state index contributed by atoms with van der Waals surface area (Å²) in [6.45, 7) is 0. The number of halogens is 1.